The second-order valence-corrected chi connectivity index (χ2v) is 6.89. The molecule has 2 aromatic carbocycles. The molecule has 0 bridgehead atoms. The van der Waals surface area contributed by atoms with Gasteiger partial charge in [0.25, 0.3) is 5.91 Å². The fourth-order valence-electron chi connectivity index (χ4n) is 3.13. The molecule has 0 saturated heterocycles. The van der Waals surface area contributed by atoms with E-state index in [1.165, 1.54) is 38.7 Å². The van der Waals surface area contributed by atoms with Gasteiger partial charge in [0.15, 0.2) is 17.3 Å². The van der Waals surface area contributed by atoms with Crippen LogP contribution in [0.4, 0.5) is 5.69 Å². The summed E-state index contributed by atoms with van der Waals surface area (Å²) in [6.45, 7) is 4.10. The van der Waals surface area contributed by atoms with Crippen molar-refractivity contribution in [2.24, 2.45) is 0 Å². The van der Waals surface area contributed by atoms with E-state index in [0.29, 0.717) is 11.5 Å². The molecule has 32 heavy (non-hydrogen) atoms. The molecule has 1 N–H and O–H groups in total. The maximum absolute atomic E-state index is 12.8. The number of aryl methyl sites for hydroxylation is 2. The molecule has 3 aromatic rings. The number of anilines is 1. The highest BCUT2D eigenvalue weighted by molar-refractivity contribution is 6.07. The SMILES string of the molecule is COc1cc(NC(=O)c2ccco2)c(C(=O)OCCOc2c(C)cccc2C)cc1OC. The van der Waals surface area contributed by atoms with Gasteiger partial charge < -0.3 is 28.7 Å². The molecule has 0 fully saturated rings. The Morgan fingerprint density at radius 1 is 0.938 bits per heavy atom. The number of hydrogen-bond acceptors (Lipinski definition) is 7. The highest BCUT2D eigenvalue weighted by atomic mass is 16.6. The Morgan fingerprint density at radius 3 is 2.25 bits per heavy atom. The van der Waals surface area contributed by atoms with Crippen LogP contribution in [-0.4, -0.2) is 39.3 Å². The number of amides is 1. The largest absolute Gasteiger partial charge is 0.493 e. The first-order valence-corrected chi connectivity index (χ1v) is 9.91. The summed E-state index contributed by atoms with van der Waals surface area (Å²) in [5, 5.41) is 2.65. The lowest BCUT2D eigenvalue weighted by molar-refractivity contribution is 0.0450. The van der Waals surface area contributed by atoms with E-state index in [0.717, 1.165) is 16.9 Å². The van der Waals surface area contributed by atoms with Gasteiger partial charge in [-0.15, -0.1) is 0 Å². The molecule has 0 aliphatic heterocycles. The van der Waals surface area contributed by atoms with E-state index in [1.807, 2.05) is 32.0 Å². The van der Waals surface area contributed by atoms with E-state index in [9.17, 15) is 9.59 Å². The van der Waals surface area contributed by atoms with Crippen LogP contribution >= 0.6 is 0 Å². The van der Waals surface area contributed by atoms with Crippen LogP contribution in [-0.2, 0) is 4.74 Å². The maximum Gasteiger partial charge on any atom is 0.340 e. The van der Waals surface area contributed by atoms with Gasteiger partial charge in [-0.2, -0.15) is 0 Å². The van der Waals surface area contributed by atoms with Crippen molar-refractivity contribution in [1.82, 2.24) is 0 Å². The number of furan rings is 1. The van der Waals surface area contributed by atoms with Crippen molar-refractivity contribution in [3.8, 4) is 17.2 Å². The maximum atomic E-state index is 12.8. The summed E-state index contributed by atoms with van der Waals surface area (Å²) in [6.07, 6.45) is 1.38. The number of esters is 1. The topological polar surface area (TPSA) is 96.2 Å². The number of ether oxygens (including phenoxy) is 4. The zero-order chi connectivity index (χ0) is 23.1. The normalized spacial score (nSPS) is 10.4. The molecule has 1 heterocycles. The Bertz CT molecular complexity index is 1070. The summed E-state index contributed by atoms with van der Waals surface area (Å²) >= 11 is 0. The van der Waals surface area contributed by atoms with Gasteiger partial charge in [-0.3, -0.25) is 4.79 Å². The lowest BCUT2D eigenvalue weighted by Gasteiger charge is -2.15. The number of benzene rings is 2. The van der Waals surface area contributed by atoms with Crippen molar-refractivity contribution in [2.75, 3.05) is 32.8 Å². The van der Waals surface area contributed by atoms with Crippen molar-refractivity contribution in [1.29, 1.82) is 0 Å². The van der Waals surface area contributed by atoms with Crippen molar-refractivity contribution < 1.29 is 33.0 Å². The van der Waals surface area contributed by atoms with Crippen LogP contribution in [0.5, 0.6) is 17.2 Å². The highest BCUT2D eigenvalue weighted by Gasteiger charge is 2.21. The molecule has 1 aromatic heterocycles. The first kappa shape index (κ1) is 22.7. The van der Waals surface area contributed by atoms with E-state index in [1.54, 1.807) is 6.07 Å². The minimum absolute atomic E-state index is 0.0204. The summed E-state index contributed by atoms with van der Waals surface area (Å²) in [6, 6.07) is 11.9. The first-order chi connectivity index (χ1) is 15.4. The zero-order valence-corrected chi connectivity index (χ0v) is 18.4. The second-order valence-electron chi connectivity index (χ2n) is 6.89. The molecule has 0 spiro atoms. The molecule has 0 atom stereocenters. The lowest BCUT2D eigenvalue weighted by Crippen LogP contribution is -2.18. The molecule has 0 aliphatic carbocycles. The molecule has 8 heteroatoms. The van der Waals surface area contributed by atoms with Gasteiger partial charge in [0, 0.05) is 12.1 Å². The summed E-state index contributed by atoms with van der Waals surface area (Å²) < 4.78 is 26.8. The van der Waals surface area contributed by atoms with Crippen molar-refractivity contribution in [3.63, 3.8) is 0 Å². The molecule has 3 rings (SSSR count). The van der Waals surface area contributed by atoms with Crippen LogP contribution in [0, 0.1) is 13.8 Å². The monoisotopic (exact) mass is 439 g/mol. The van der Waals surface area contributed by atoms with Crippen LogP contribution in [0.15, 0.2) is 53.1 Å². The van der Waals surface area contributed by atoms with Crippen molar-refractivity contribution >= 4 is 17.6 Å². The smallest absolute Gasteiger partial charge is 0.340 e. The number of nitrogens with one attached hydrogen (secondary N) is 1. The molecule has 0 unspecified atom stereocenters. The Morgan fingerprint density at radius 2 is 1.62 bits per heavy atom. The van der Waals surface area contributed by atoms with Gasteiger partial charge in [0.1, 0.15) is 19.0 Å². The highest BCUT2D eigenvalue weighted by Crippen LogP contribution is 2.34. The predicted octanol–water partition coefficient (Wildman–Crippen LogP) is 4.40. The summed E-state index contributed by atoms with van der Waals surface area (Å²) in [4.78, 5) is 25.2. The van der Waals surface area contributed by atoms with Gasteiger partial charge in [-0.25, -0.2) is 4.79 Å². The average molecular weight is 439 g/mol. The molecule has 168 valence electrons. The van der Waals surface area contributed by atoms with Crippen LogP contribution in [0.2, 0.25) is 0 Å². The van der Waals surface area contributed by atoms with E-state index in [-0.39, 0.29) is 30.2 Å². The zero-order valence-electron chi connectivity index (χ0n) is 18.4. The average Bonchev–Trinajstić information content (AvgIpc) is 3.33. The molecule has 0 radical (unpaired) electrons. The minimum atomic E-state index is -0.647. The van der Waals surface area contributed by atoms with Crippen LogP contribution in [0.1, 0.15) is 32.0 Å². The van der Waals surface area contributed by atoms with Crippen LogP contribution in [0.25, 0.3) is 0 Å². The fourth-order valence-corrected chi connectivity index (χ4v) is 3.13. The number of rotatable bonds is 9. The second kappa shape index (κ2) is 10.4. The third-order valence-electron chi connectivity index (χ3n) is 4.71. The molecule has 0 saturated carbocycles. The van der Waals surface area contributed by atoms with Gasteiger partial charge in [-0.1, -0.05) is 18.2 Å². The number of methoxy groups -OCH3 is 2. The Labute approximate surface area is 186 Å². The number of carbonyl (C=O) groups excluding carboxylic acids is 2. The van der Waals surface area contributed by atoms with Crippen LogP contribution < -0.4 is 19.5 Å². The molecule has 8 nitrogen and oxygen atoms in total. The third kappa shape index (κ3) is 5.21. The fraction of sp³-hybridized carbons (Fsp3) is 0.250. The first-order valence-electron chi connectivity index (χ1n) is 9.91. The van der Waals surface area contributed by atoms with Gasteiger partial charge in [0.05, 0.1) is 31.7 Å². The molecular formula is C24H25NO7. The lowest BCUT2D eigenvalue weighted by atomic mass is 10.1. The predicted molar refractivity (Wildman–Crippen MR) is 118 cm³/mol. The van der Waals surface area contributed by atoms with Gasteiger partial charge in [-0.05, 0) is 37.1 Å². The number of hydrogen-bond donors (Lipinski definition) is 1. The number of para-hydroxylation sites is 1. The van der Waals surface area contributed by atoms with Crippen LogP contribution in [0.3, 0.4) is 0 Å². The molecule has 1 amide bonds. The molecule has 0 aliphatic rings. The van der Waals surface area contributed by atoms with E-state index in [2.05, 4.69) is 5.32 Å². The summed E-state index contributed by atoms with van der Waals surface area (Å²) in [5.74, 6) is 0.363. The van der Waals surface area contributed by atoms with E-state index >= 15 is 0 Å². The Hall–Kier alpha value is -3.94. The summed E-state index contributed by atoms with van der Waals surface area (Å²) in [5.41, 5.74) is 2.30. The molecular weight excluding hydrogens is 414 g/mol. The minimum Gasteiger partial charge on any atom is -0.493 e. The van der Waals surface area contributed by atoms with Crippen molar-refractivity contribution in [2.45, 2.75) is 13.8 Å². The van der Waals surface area contributed by atoms with Gasteiger partial charge in [0.2, 0.25) is 0 Å². The standard InChI is InChI=1S/C24H25NO7/c1-15-7-5-8-16(2)22(15)31-11-12-32-24(27)17-13-20(28-3)21(29-4)14-18(17)25-23(26)19-9-6-10-30-19/h5-10,13-14H,11-12H2,1-4H3,(H,25,26). The Kier molecular flexibility index (Phi) is 7.38. The Balaban J connectivity index is 1.74. The van der Waals surface area contributed by atoms with E-state index in [4.69, 9.17) is 23.4 Å². The van der Waals surface area contributed by atoms with E-state index < -0.39 is 11.9 Å². The van der Waals surface area contributed by atoms with Gasteiger partial charge >= 0.3 is 5.97 Å². The quantitative estimate of drug-likeness (QED) is 0.390. The summed E-state index contributed by atoms with van der Waals surface area (Å²) in [7, 11) is 2.91. The third-order valence-corrected chi connectivity index (χ3v) is 4.71. The van der Waals surface area contributed by atoms with Crippen molar-refractivity contribution in [3.05, 3.63) is 71.2 Å². The number of carbonyl (C=O) groups is 2.